The first-order chi connectivity index (χ1) is 10.7. The predicted octanol–water partition coefficient (Wildman–Crippen LogP) is 2.84. The van der Waals surface area contributed by atoms with Gasteiger partial charge in [-0.05, 0) is 30.5 Å². The van der Waals surface area contributed by atoms with Crippen molar-refractivity contribution < 1.29 is 22.7 Å². The fourth-order valence-electron chi connectivity index (χ4n) is 2.64. The number of aryl methyl sites for hydroxylation is 2. The Labute approximate surface area is 145 Å². The number of nitrogens with one attached hydrogen (secondary N) is 1. The molecule has 136 valence electrons. The second-order valence-electron chi connectivity index (χ2n) is 6.01. The molecule has 1 aromatic rings. The molecule has 1 amide bonds. The van der Waals surface area contributed by atoms with Crippen LogP contribution >= 0.6 is 12.4 Å². The number of carbonyl (C=O) groups excluding carboxylic acids is 1. The maximum Gasteiger partial charge on any atom is 0.422 e. The zero-order valence-corrected chi connectivity index (χ0v) is 14.7. The van der Waals surface area contributed by atoms with Crippen LogP contribution in [-0.2, 0) is 11.3 Å². The molecule has 0 unspecified atom stereocenters. The normalized spacial score (nSPS) is 14.6. The van der Waals surface area contributed by atoms with Gasteiger partial charge in [0.05, 0.1) is 5.92 Å². The van der Waals surface area contributed by atoms with E-state index < -0.39 is 12.8 Å². The van der Waals surface area contributed by atoms with Crippen LogP contribution in [0, 0.1) is 19.8 Å². The third-order valence-corrected chi connectivity index (χ3v) is 3.83. The zero-order valence-electron chi connectivity index (χ0n) is 13.9. The third kappa shape index (κ3) is 5.27. The fourth-order valence-corrected chi connectivity index (χ4v) is 2.64. The van der Waals surface area contributed by atoms with Crippen LogP contribution in [0.5, 0.6) is 5.75 Å². The SMILES string of the molecule is Cc1cc(CN(C)C(=O)C2CNC2)cc(C)c1OCC(F)(F)F.Cl. The van der Waals surface area contributed by atoms with E-state index in [9.17, 15) is 18.0 Å². The Hall–Kier alpha value is -1.47. The summed E-state index contributed by atoms with van der Waals surface area (Å²) in [7, 11) is 1.74. The Morgan fingerprint density at radius 1 is 1.29 bits per heavy atom. The minimum Gasteiger partial charge on any atom is -0.484 e. The molecule has 1 aliphatic heterocycles. The molecule has 0 radical (unpaired) electrons. The topological polar surface area (TPSA) is 41.6 Å². The molecule has 0 aromatic heterocycles. The second-order valence-corrected chi connectivity index (χ2v) is 6.01. The Kier molecular flexibility index (Phi) is 6.92. The lowest BCUT2D eigenvalue weighted by molar-refractivity contribution is -0.153. The van der Waals surface area contributed by atoms with Crippen LogP contribution in [0.25, 0.3) is 0 Å². The van der Waals surface area contributed by atoms with Crippen LogP contribution in [0.1, 0.15) is 16.7 Å². The van der Waals surface area contributed by atoms with Gasteiger partial charge in [-0.3, -0.25) is 4.79 Å². The molecule has 0 bridgehead atoms. The molecule has 8 heteroatoms. The molecule has 2 rings (SSSR count). The number of benzene rings is 1. The van der Waals surface area contributed by atoms with E-state index in [1.165, 1.54) is 0 Å². The first-order valence-electron chi connectivity index (χ1n) is 7.43. The van der Waals surface area contributed by atoms with Crippen LogP contribution in [0.15, 0.2) is 12.1 Å². The summed E-state index contributed by atoms with van der Waals surface area (Å²) in [4.78, 5) is 13.8. The van der Waals surface area contributed by atoms with Crippen LogP contribution in [0.4, 0.5) is 13.2 Å². The van der Waals surface area contributed by atoms with Crippen LogP contribution in [-0.4, -0.2) is 43.7 Å². The van der Waals surface area contributed by atoms with Crippen molar-refractivity contribution in [1.82, 2.24) is 10.2 Å². The van der Waals surface area contributed by atoms with Gasteiger partial charge in [0.15, 0.2) is 6.61 Å². The van der Waals surface area contributed by atoms with Gasteiger partial charge in [0, 0.05) is 26.7 Å². The van der Waals surface area contributed by atoms with Gasteiger partial charge in [0.25, 0.3) is 0 Å². The number of rotatable bonds is 5. The van der Waals surface area contributed by atoms with E-state index in [-0.39, 0.29) is 30.0 Å². The zero-order chi connectivity index (χ0) is 17.2. The molecule has 0 aliphatic carbocycles. The van der Waals surface area contributed by atoms with Crippen LogP contribution in [0.3, 0.4) is 0 Å². The average molecular weight is 367 g/mol. The standard InChI is InChI=1S/C16H21F3N2O2.ClH/c1-10-4-12(8-21(3)15(22)13-6-20-7-13)5-11(2)14(10)23-9-16(17,18)19;/h4-5,13,20H,6-9H2,1-3H3;1H. The molecule has 1 aliphatic rings. The maximum atomic E-state index is 12.3. The lowest BCUT2D eigenvalue weighted by Gasteiger charge is -2.30. The molecule has 1 aromatic carbocycles. The quantitative estimate of drug-likeness (QED) is 0.871. The smallest absolute Gasteiger partial charge is 0.422 e. The number of nitrogens with zero attached hydrogens (tertiary/aromatic N) is 1. The molecular weight excluding hydrogens is 345 g/mol. The minimum atomic E-state index is -4.36. The molecular formula is C16H22ClF3N2O2. The highest BCUT2D eigenvalue weighted by atomic mass is 35.5. The second kappa shape index (κ2) is 8.07. The van der Waals surface area contributed by atoms with Crippen molar-refractivity contribution >= 4 is 18.3 Å². The van der Waals surface area contributed by atoms with Crippen molar-refractivity contribution in [3.05, 3.63) is 28.8 Å². The molecule has 1 N–H and O–H groups in total. The number of amides is 1. The van der Waals surface area contributed by atoms with Gasteiger partial charge < -0.3 is 15.0 Å². The fraction of sp³-hybridized carbons (Fsp3) is 0.562. The highest BCUT2D eigenvalue weighted by Gasteiger charge is 2.29. The van der Waals surface area contributed by atoms with E-state index in [2.05, 4.69) is 5.32 Å². The van der Waals surface area contributed by atoms with Crippen molar-refractivity contribution in [2.45, 2.75) is 26.6 Å². The molecule has 0 atom stereocenters. The van der Waals surface area contributed by atoms with E-state index in [1.54, 1.807) is 37.9 Å². The number of hydrogen-bond donors (Lipinski definition) is 1. The van der Waals surface area contributed by atoms with E-state index in [1.807, 2.05) is 0 Å². The third-order valence-electron chi connectivity index (χ3n) is 3.83. The summed E-state index contributed by atoms with van der Waals surface area (Å²) >= 11 is 0. The summed E-state index contributed by atoms with van der Waals surface area (Å²) in [6.45, 7) is 3.94. The molecule has 0 spiro atoms. The number of ether oxygens (including phenoxy) is 1. The summed E-state index contributed by atoms with van der Waals surface area (Å²) in [5, 5.41) is 3.06. The number of hydrogen-bond acceptors (Lipinski definition) is 3. The Bertz CT molecular complexity index is 566. The van der Waals surface area contributed by atoms with Gasteiger partial charge >= 0.3 is 6.18 Å². The lowest BCUT2D eigenvalue weighted by Crippen LogP contribution is -2.50. The number of halogens is 4. The van der Waals surface area contributed by atoms with Crippen molar-refractivity contribution in [3.8, 4) is 5.75 Å². The van der Waals surface area contributed by atoms with Gasteiger partial charge in [0.1, 0.15) is 5.75 Å². The minimum absolute atomic E-state index is 0. The largest absolute Gasteiger partial charge is 0.484 e. The molecule has 4 nitrogen and oxygen atoms in total. The van der Waals surface area contributed by atoms with Crippen LogP contribution in [0.2, 0.25) is 0 Å². The Morgan fingerprint density at radius 3 is 2.25 bits per heavy atom. The highest BCUT2D eigenvalue weighted by Crippen LogP contribution is 2.27. The van der Waals surface area contributed by atoms with E-state index in [0.29, 0.717) is 30.8 Å². The summed E-state index contributed by atoms with van der Waals surface area (Å²) in [5.74, 6) is 0.358. The van der Waals surface area contributed by atoms with Gasteiger partial charge in [-0.1, -0.05) is 12.1 Å². The lowest BCUT2D eigenvalue weighted by atomic mass is 10.0. The molecule has 1 fully saturated rings. The van der Waals surface area contributed by atoms with Crippen LogP contribution < -0.4 is 10.1 Å². The monoisotopic (exact) mass is 366 g/mol. The maximum absolute atomic E-state index is 12.3. The van der Waals surface area contributed by atoms with Gasteiger partial charge in [-0.15, -0.1) is 12.4 Å². The average Bonchev–Trinajstić information content (AvgIpc) is 2.33. The molecule has 1 heterocycles. The number of alkyl halides is 3. The van der Waals surface area contributed by atoms with Gasteiger partial charge in [-0.25, -0.2) is 0 Å². The summed E-state index contributed by atoms with van der Waals surface area (Å²) < 4.78 is 41.7. The van der Waals surface area contributed by atoms with Crippen molar-refractivity contribution in [2.24, 2.45) is 5.92 Å². The van der Waals surface area contributed by atoms with Crippen molar-refractivity contribution in [3.63, 3.8) is 0 Å². The highest BCUT2D eigenvalue weighted by molar-refractivity contribution is 5.85. The van der Waals surface area contributed by atoms with Crippen molar-refractivity contribution in [1.29, 1.82) is 0 Å². The van der Waals surface area contributed by atoms with E-state index >= 15 is 0 Å². The van der Waals surface area contributed by atoms with Gasteiger partial charge in [0.2, 0.25) is 5.91 Å². The Morgan fingerprint density at radius 2 is 1.83 bits per heavy atom. The summed E-state index contributed by atoms with van der Waals surface area (Å²) in [6, 6.07) is 3.53. The summed E-state index contributed by atoms with van der Waals surface area (Å²) in [5.41, 5.74) is 2.15. The van der Waals surface area contributed by atoms with Crippen molar-refractivity contribution in [2.75, 3.05) is 26.7 Å². The summed E-state index contributed by atoms with van der Waals surface area (Å²) in [6.07, 6.45) is -4.36. The molecule has 1 saturated heterocycles. The Balaban J connectivity index is 0.00000288. The first kappa shape index (κ1) is 20.6. The predicted molar refractivity (Wildman–Crippen MR) is 87.5 cm³/mol. The van der Waals surface area contributed by atoms with Gasteiger partial charge in [-0.2, -0.15) is 13.2 Å². The van der Waals surface area contributed by atoms with E-state index in [4.69, 9.17) is 4.74 Å². The first-order valence-corrected chi connectivity index (χ1v) is 7.43. The molecule has 24 heavy (non-hydrogen) atoms. The number of carbonyl (C=O) groups is 1. The van der Waals surface area contributed by atoms with E-state index in [0.717, 1.165) is 5.56 Å². The molecule has 0 saturated carbocycles.